The fourth-order valence-electron chi connectivity index (χ4n) is 3.89. The molecular weight excluding hydrogens is 446 g/mol. The quantitative estimate of drug-likeness (QED) is 0.412. The van der Waals surface area contributed by atoms with E-state index in [0.29, 0.717) is 13.1 Å². The molecule has 2 aromatic carbocycles. The smallest absolute Gasteiger partial charge is 0.234 e. The van der Waals surface area contributed by atoms with E-state index in [1.807, 2.05) is 43.4 Å². The standard InChI is InChI=1S/C26H33N5O2S/c1-30(20-23(32)27-12-13-31-14-17-33-18-15-31)16-19-34-26-28-24(21-8-4-2-5-9-21)25(29-26)22-10-6-3-7-11-22/h2-11H,12-20H2,1H3,(H,27,32)(H,28,29). The Morgan fingerprint density at radius 1 is 1.09 bits per heavy atom. The zero-order chi connectivity index (χ0) is 23.6. The summed E-state index contributed by atoms with van der Waals surface area (Å²) < 4.78 is 5.36. The maximum absolute atomic E-state index is 12.3. The first-order valence-corrected chi connectivity index (χ1v) is 12.8. The number of morpholine rings is 1. The van der Waals surface area contributed by atoms with Crippen molar-refractivity contribution >= 4 is 17.7 Å². The second-order valence-electron chi connectivity index (χ2n) is 8.39. The van der Waals surface area contributed by atoms with Gasteiger partial charge in [0, 0.05) is 49.6 Å². The highest BCUT2D eigenvalue weighted by molar-refractivity contribution is 7.99. The predicted molar refractivity (Wildman–Crippen MR) is 138 cm³/mol. The molecule has 1 aliphatic rings. The van der Waals surface area contributed by atoms with Crippen LogP contribution in [-0.2, 0) is 9.53 Å². The van der Waals surface area contributed by atoms with Crippen LogP contribution in [0.25, 0.3) is 22.5 Å². The number of thioether (sulfide) groups is 1. The molecule has 0 unspecified atom stereocenters. The Morgan fingerprint density at radius 3 is 2.47 bits per heavy atom. The number of carbonyl (C=O) groups is 1. The molecule has 34 heavy (non-hydrogen) atoms. The third-order valence-corrected chi connectivity index (χ3v) is 6.62. The first kappa shape index (κ1) is 24.5. The Bertz CT molecular complexity index is 965. The van der Waals surface area contributed by atoms with Crippen LogP contribution in [0.2, 0.25) is 0 Å². The summed E-state index contributed by atoms with van der Waals surface area (Å²) in [5, 5.41) is 3.92. The average molecular weight is 480 g/mol. The largest absolute Gasteiger partial charge is 0.379 e. The van der Waals surface area contributed by atoms with Gasteiger partial charge in [0.25, 0.3) is 0 Å². The first-order valence-electron chi connectivity index (χ1n) is 11.8. The normalized spacial score (nSPS) is 14.4. The molecule has 2 heterocycles. The molecule has 7 nitrogen and oxygen atoms in total. The van der Waals surface area contributed by atoms with Gasteiger partial charge >= 0.3 is 0 Å². The van der Waals surface area contributed by atoms with Crippen molar-refractivity contribution in [3.05, 3.63) is 60.7 Å². The Hall–Kier alpha value is -2.65. The number of rotatable bonds is 11. The highest BCUT2D eigenvalue weighted by Gasteiger charge is 2.15. The van der Waals surface area contributed by atoms with Crippen LogP contribution in [0, 0.1) is 0 Å². The molecular formula is C26H33N5O2S. The number of amides is 1. The minimum Gasteiger partial charge on any atom is -0.379 e. The number of benzene rings is 2. The second kappa shape index (κ2) is 12.7. The van der Waals surface area contributed by atoms with Gasteiger partial charge in [-0.1, -0.05) is 72.4 Å². The van der Waals surface area contributed by atoms with E-state index in [-0.39, 0.29) is 5.91 Å². The maximum atomic E-state index is 12.3. The minimum absolute atomic E-state index is 0.0662. The van der Waals surface area contributed by atoms with E-state index >= 15 is 0 Å². The molecule has 3 aromatic rings. The van der Waals surface area contributed by atoms with Crippen molar-refractivity contribution in [2.45, 2.75) is 5.16 Å². The van der Waals surface area contributed by atoms with Gasteiger partial charge in [-0.25, -0.2) is 4.98 Å². The fraction of sp³-hybridized carbons (Fsp3) is 0.385. The Morgan fingerprint density at radius 2 is 1.76 bits per heavy atom. The summed E-state index contributed by atoms with van der Waals surface area (Å²) in [7, 11) is 1.98. The van der Waals surface area contributed by atoms with Crippen LogP contribution in [-0.4, -0.2) is 91.0 Å². The van der Waals surface area contributed by atoms with Gasteiger partial charge in [0.2, 0.25) is 5.91 Å². The van der Waals surface area contributed by atoms with Crippen LogP contribution in [0.1, 0.15) is 0 Å². The van der Waals surface area contributed by atoms with E-state index in [2.05, 4.69) is 44.4 Å². The summed E-state index contributed by atoms with van der Waals surface area (Å²) in [4.78, 5) is 25.0. The van der Waals surface area contributed by atoms with Crippen LogP contribution in [0.5, 0.6) is 0 Å². The van der Waals surface area contributed by atoms with Crippen molar-refractivity contribution in [1.29, 1.82) is 0 Å². The lowest BCUT2D eigenvalue weighted by Crippen LogP contribution is -2.43. The molecule has 0 bridgehead atoms. The fourth-order valence-corrected chi connectivity index (χ4v) is 4.82. The number of nitrogens with one attached hydrogen (secondary N) is 2. The lowest BCUT2D eigenvalue weighted by Gasteiger charge is -2.26. The number of hydrogen-bond donors (Lipinski definition) is 2. The Labute approximate surface area is 205 Å². The molecule has 0 spiro atoms. The maximum Gasteiger partial charge on any atom is 0.234 e. The molecule has 180 valence electrons. The number of H-pyrrole nitrogens is 1. The van der Waals surface area contributed by atoms with E-state index in [4.69, 9.17) is 9.72 Å². The van der Waals surface area contributed by atoms with Crippen LogP contribution in [0.15, 0.2) is 65.8 Å². The van der Waals surface area contributed by atoms with Gasteiger partial charge in [-0.05, 0) is 7.05 Å². The van der Waals surface area contributed by atoms with Crippen molar-refractivity contribution in [2.75, 3.05) is 65.3 Å². The van der Waals surface area contributed by atoms with Crippen LogP contribution in [0.4, 0.5) is 0 Å². The van der Waals surface area contributed by atoms with Gasteiger partial charge in [0.05, 0.1) is 31.1 Å². The van der Waals surface area contributed by atoms with Crippen molar-refractivity contribution in [3.63, 3.8) is 0 Å². The van der Waals surface area contributed by atoms with Gasteiger partial charge < -0.3 is 15.0 Å². The number of hydrogen-bond acceptors (Lipinski definition) is 6. The van der Waals surface area contributed by atoms with Gasteiger partial charge in [-0.15, -0.1) is 0 Å². The zero-order valence-corrected chi connectivity index (χ0v) is 20.5. The summed E-state index contributed by atoms with van der Waals surface area (Å²) in [5.41, 5.74) is 4.20. The Kier molecular flexibility index (Phi) is 9.15. The lowest BCUT2D eigenvalue weighted by molar-refractivity contribution is -0.122. The number of aromatic amines is 1. The molecule has 8 heteroatoms. The SMILES string of the molecule is CN(CCSc1nc(-c2ccccc2)c(-c2ccccc2)[nH]1)CC(=O)NCCN1CCOCC1. The third-order valence-electron chi connectivity index (χ3n) is 5.77. The van der Waals surface area contributed by atoms with E-state index in [9.17, 15) is 4.79 Å². The number of imidazole rings is 1. The summed E-state index contributed by atoms with van der Waals surface area (Å²) in [5.74, 6) is 0.907. The highest BCUT2D eigenvalue weighted by atomic mass is 32.2. The number of nitrogens with zero attached hydrogens (tertiary/aromatic N) is 3. The lowest BCUT2D eigenvalue weighted by atomic mass is 10.1. The molecule has 1 saturated heterocycles. The number of likely N-dealkylation sites (N-methyl/N-ethyl adjacent to an activating group) is 1. The number of carbonyl (C=O) groups excluding carboxylic acids is 1. The highest BCUT2D eigenvalue weighted by Crippen LogP contribution is 2.32. The van der Waals surface area contributed by atoms with E-state index in [1.165, 1.54) is 0 Å². The molecule has 0 saturated carbocycles. The summed E-state index contributed by atoms with van der Waals surface area (Å²) in [6.45, 7) is 6.19. The van der Waals surface area contributed by atoms with Crippen molar-refractivity contribution < 1.29 is 9.53 Å². The van der Waals surface area contributed by atoms with Crippen LogP contribution in [0.3, 0.4) is 0 Å². The number of ether oxygens (including phenoxy) is 1. The van der Waals surface area contributed by atoms with Crippen molar-refractivity contribution in [1.82, 2.24) is 25.1 Å². The van der Waals surface area contributed by atoms with Gasteiger partial charge in [-0.2, -0.15) is 0 Å². The molecule has 0 radical (unpaired) electrons. The monoisotopic (exact) mass is 479 g/mol. The topological polar surface area (TPSA) is 73.5 Å². The Balaban J connectivity index is 1.26. The third kappa shape index (κ3) is 7.17. The molecule has 1 fully saturated rings. The first-order chi connectivity index (χ1) is 16.7. The molecule has 1 aromatic heterocycles. The van der Waals surface area contributed by atoms with Gasteiger partial charge in [0.15, 0.2) is 5.16 Å². The van der Waals surface area contributed by atoms with E-state index < -0.39 is 0 Å². The molecule has 0 aliphatic carbocycles. The molecule has 4 rings (SSSR count). The molecule has 1 amide bonds. The second-order valence-corrected chi connectivity index (χ2v) is 9.47. The van der Waals surface area contributed by atoms with E-state index in [0.717, 1.165) is 72.8 Å². The molecule has 1 aliphatic heterocycles. The summed E-state index contributed by atoms with van der Waals surface area (Å²) in [6.07, 6.45) is 0. The van der Waals surface area contributed by atoms with Crippen molar-refractivity contribution in [3.8, 4) is 22.5 Å². The number of aromatic nitrogens is 2. The van der Waals surface area contributed by atoms with Gasteiger partial charge in [-0.3, -0.25) is 14.6 Å². The van der Waals surface area contributed by atoms with Crippen LogP contribution >= 0.6 is 11.8 Å². The van der Waals surface area contributed by atoms with Crippen molar-refractivity contribution in [2.24, 2.45) is 0 Å². The average Bonchev–Trinajstić information content (AvgIpc) is 3.30. The predicted octanol–water partition coefficient (Wildman–Crippen LogP) is 3.22. The zero-order valence-electron chi connectivity index (χ0n) is 19.7. The van der Waals surface area contributed by atoms with Gasteiger partial charge in [0.1, 0.15) is 0 Å². The summed E-state index contributed by atoms with van der Waals surface area (Å²) in [6, 6.07) is 20.6. The summed E-state index contributed by atoms with van der Waals surface area (Å²) >= 11 is 1.68. The molecule has 0 atom stereocenters. The van der Waals surface area contributed by atoms with E-state index in [1.54, 1.807) is 11.8 Å². The van der Waals surface area contributed by atoms with Crippen LogP contribution < -0.4 is 5.32 Å². The molecule has 2 N–H and O–H groups in total. The minimum atomic E-state index is 0.0662.